The Balaban J connectivity index is 2.59. The van der Waals surface area contributed by atoms with Crippen LogP contribution in [-0.4, -0.2) is 4.78 Å². The molecule has 0 saturated carbocycles. The SMILES string of the molecule is ClP(Cl)C(P(Cl)Cl)=P(c1ccccc1)(c1ccccc1)c1ccccc1. The third kappa shape index (κ3) is 4.04. The fraction of sp³-hybridized carbons (Fsp3) is 0. The maximum atomic E-state index is 6.54. The molecule has 0 bridgehead atoms. The van der Waals surface area contributed by atoms with E-state index < -0.39 is 20.1 Å². The van der Waals surface area contributed by atoms with Gasteiger partial charge in [0.1, 0.15) is 13.3 Å². The van der Waals surface area contributed by atoms with Crippen molar-refractivity contribution >= 4 is 85.8 Å². The molecular weight excluding hydrogens is 463 g/mol. The summed E-state index contributed by atoms with van der Waals surface area (Å²) in [6, 6.07) is 30.9. The van der Waals surface area contributed by atoms with Crippen LogP contribution in [0.2, 0.25) is 0 Å². The molecule has 0 N–H and O–H groups in total. The van der Waals surface area contributed by atoms with E-state index in [1.165, 1.54) is 0 Å². The molecule has 0 aromatic heterocycles. The number of hydrogen-bond donors (Lipinski definition) is 0. The van der Waals surface area contributed by atoms with Gasteiger partial charge in [-0.25, -0.2) is 0 Å². The summed E-state index contributed by atoms with van der Waals surface area (Å²) in [6.45, 7) is -5.30. The van der Waals surface area contributed by atoms with E-state index >= 15 is 0 Å². The molecule has 0 amide bonds. The predicted octanol–water partition coefficient (Wildman–Crippen LogP) is 7.65. The number of hydrogen-bond acceptors (Lipinski definition) is 0. The molecule has 134 valence electrons. The minimum atomic E-state index is -2.33. The molecule has 3 aromatic rings. The molecule has 3 aromatic carbocycles. The number of rotatable bonds is 5. The number of benzene rings is 3. The van der Waals surface area contributed by atoms with Crippen LogP contribution in [0.3, 0.4) is 0 Å². The first-order chi connectivity index (χ1) is 12.6. The monoisotopic (exact) mass is 476 g/mol. The number of halogens is 4. The Hall–Kier alpha value is -0.0200. The molecule has 3 rings (SSSR count). The molecule has 0 spiro atoms. The van der Waals surface area contributed by atoms with Crippen LogP contribution in [0.15, 0.2) is 91.0 Å². The van der Waals surface area contributed by atoms with Crippen molar-refractivity contribution in [2.75, 3.05) is 0 Å². The maximum absolute atomic E-state index is 6.54. The Morgan fingerprint density at radius 3 is 1.00 bits per heavy atom. The fourth-order valence-electron chi connectivity index (χ4n) is 3.03. The third-order valence-electron chi connectivity index (χ3n) is 4.03. The van der Waals surface area contributed by atoms with Gasteiger partial charge in [-0.05, 0) is 22.8 Å². The van der Waals surface area contributed by atoms with E-state index in [-0.39, 0.29) is 0 Å². The Bertz CT molecular complexity index is 784. The second kappa shape index (κ2) is 9.45. The molecule has 26 heavy (non-hydrogen) atoms. The lowest BCUT2D eigenvalue weighted by atomic mass is 10.4. The van der Waals surface area contributed by atoms with E-state index in [1.54, 1.807) is 0 Å². The summed E-state index contributed by atoms with van der Waals surface area (Å²) in [6.07, 6.45) is 0. The molecule has 0 heterocycles. The summed E-state index contributed by atoms with van der Waals surface area (Å²) in [7, 11) is 0. The lowest BCUT2D eigenvalue weighted by Crippen LogP contribution is -2.28. The smallest absolute Gasteiger partial charge is 0.0725 e. The molecule has 0 saturated heterocycles. The molecule has 0 fully saturated rings. The zero-order chi connectivity index (χ0) is 18.6. The van der Waals surface area contributed by atoms with Crippen molar-refractivity contribution in [3.63, 3.8) is 0 Å². The van der Waals surface area contributed by atoms with E-state index in [0.717, 1.165) is 20.7 Å². The van der Waals surface area contributed by atoms with Crippen LogP contribution in [0, 0.1) is 0 Å². The Kier molecular flexibility index (Phi) is 7.53. The van der Waals surface area contributed by atoms with Crippen LogP contribution in [0.4, 0.5) is 0 Å². The van der Waals surface area contributed by atoms with Crippen LogP contribution in [0.5, 0.6) is 0 Å². The second-order valence-corrected chi connectivity index (χ2v) is 16.8. The average Bonchev–Trinajstić information content (AvgIpc) is 2.67. The lowest BCUT2D eigenvalue weighted by molar-refractivity contribution is 1.73. The Morgan fingerprint density at radius 1 is 0.500 bits per heavy atom. The molecule has 7 heteroatoms. The van der Waals surface area contributed by atoms with Crippen molar-refractivity contribution in [2.24, 2.45) is 0 Å². The first kappa shape index (κ1) is 20.7. The third-order valence-corrected chi connectivity index (χ3v) is 17.5. The van der Waals surface area contributed by atoms with Gasteiger partial charge in [0.15, 0.2) is 0 Å². The van der Waals surface area contributed by atoms with Crippen molar-refractivity contribution in [3.05, 3.63) is 91.0 Å². The summed E-state index contributed by atoms with van der Waals surface area (Å²) < 4.78 is 0.859. The molecule has 0 aliphatic heterocycles. The van der Waals surface area contributed by atoms with Crippen LogP contribution in [0.1, 0.15) is 0 Å². The van der Waals surface area contributed by atoms with E-state index in [0.29, 0.717) is 0 Å². The molecule has 0 radical (unpaired) electrons. The van der Waals surface area contributed by atoms with Crippen molar-refractivity contribution in [2.45, 2.75) is 0 Å². The standard InChI is InChI=1S/C19H15Cl4P3/c20-24(21)19(25(22)23)26(16-10-4-1-5-11-16,17-12-6-2-7-13-17)18-14-8-3-9-15-18/h1-15H. The van der Waals surface area contributed by atoms with E-state index in [4.69, 9.17) is 45.0 Å². The van der Waals surface area contributed by atoms with Crippen molar-refractivity contribution in [1.82, 2.24) is 0 Å². The first-order valence-corrected chi connectivity index (χ1v) is 15.8. The molecule has 0 aliphatic carbocycles. The van der Waals surface area contributed by atoms with Crippen LogP contribution in [0.25, 0.3) is 0 Å². The highest BCUT2D eigenvalue weighted by Gasteiger charge is 2.35. The molecule has 0 aliphatic rings. The van der Waals surface area contributed by atoms with E-state index in [2.05, 4.69) is 36.4 Å². The zero-order valence-corrected chi connectivity index (χ0v) is 19.2. The lowest BCUT2D eigenvalue weighted by Gasteiger charge is -2.33. The van der Waals surface area contributed by atoms with Gasteiger partial charge in [0.05, 0.1) is 0 Å². The minimum absolute atomic E-state index is 0.859. The van der Waals surface area contributed by atoms with Crippen LogP contribution in [-0.2, 0) is 0 Å². The van der Waals surface area contributed by atoms with Gasteiger partial charge in [0, 0.05) is 4.78 Å². The van der Waals surface area contributed by atoms with Crippen molar-refractivity contribution < 1.29 is 0 Å². The maximum Gasteiger partial charge on any atom is 0.120 e. The Labute approximate surface area is 176 Å². The fourth-order valence-corrected chi connectivity index (χ4v) is 19.0. The quantitative estimate of drug-likeness (QED) is 0.331. The van der Waals surface area contributed by atoms with Crippen LogP contribution >= 0.6 is 65.1 Å². The highest BCUT2D eigenvalue weighted by Crippen LogP contribution is 2.72. The van der Waals surface area contributed by atoms with Gasteiger partial charge < -0.3 is 0 Å². The summed E-state index contributed by atoms with van der Waals surface area (Å²) in [5.74, 6) is 0. The van der Waals surface area contributed by atoms with Gasteiger partial charge in [0.25, 0.3) is 0 Å². The summed E-state index contributed by atoms with van der Waals surface area (Å²) in [4.78, 5) is 0. The highest BCUT2D eigenvalue weighted by molar-refractivity contribution is 8.43. The van der Waals surface area contributed by atoms with Gasteiger partial charge in [-0.1, -0.05) is 136 Å². The largest absolute Gasteiger partial charge is 0.120 e. The van der Waals surface area contributed by atoms with Gasteiger partial charge in [-0.15, -0.1) is 0 Å². The van der Waals surface area contributed by atoms with Crippen molar-refractivity contribution in [1.29, 1.82) is 0 Å². The molecule has 0 nitrogen and oxygen atoms in total. The zero-order valence-electron chi connectivity index (χ0n) is 13.5. The van der Waals surface area contributed by atoms with Gasteiger partial charge >= 0.3 is 0 Å². The summed E-state index contributed by atoms with van der Waals surface area (Å²) in [5, 5.41) is 3.44. The Morgan fingerprint density at radius 2 is 0.769 bits per heavy atom. The minimum Gasteiger partial charge on any atom is -0.0725 e. The van der Waals surface area contributed by atoms with Gasteiger partial charge in [-0.3, -0.25) is 0 Å². The van der Waals surface area contributed by atoms with Crippen LogP contribution < -0.4 is 15.9 Å². The average molecular weight is 478 g/mol. The molecule has 0 atom stereocenters. The first-order valence-electron chi connectivity index (χ1n) is 7.75. The van der Waals surface area contributed by atoms with Gasteiger partial charge in [-0.2, -0.15) is 0 Å². The van der Waals surface area contributed by atoms with E-state index in [9.17, 15) is 0 Å². The molecule has 0 unspecified atom stereocenters. The van der Waals surface area contributed by atoms with Crippen molar-refractivity contribution in [3.8, 4) is 0 Å². The van der Waals surface area contributed by atoms with E-state index in [1.807, 2.05) is 54.6 Å². The summed E-state index contributed by atoms with van der Waals surface area (Å²) in [5.41, 5.74) is 0. The predicted molar refractivity (Wildman–Crippen MR) is 127 cm³/mol. The second-order valence-electron chi connectivity index (χ2n) is 5.44. The normalized spacial score (nSPS) is 11.8. The topological polar surface area (TPSA) is 0 Å². The van der Waals surface area contributed by atoms with Gasteiger partial charge in [0.2, 0.25) is 0 Å². The molecular formula is C19H15Cl4P3. The summed E-state index contributed by atoms with van der Waals surface area (Å²) >= 11 is 26.2. The highest BCUT2D eigenvalue weighted by atomic mass is 35.9.